The molecule has 0 saturated heterocycles. The van der Waals surface area contributed by atoms with Gasteiger partial charge in [0.2, 0.25) is 0 Å². The van der Waals surface area contributed by atoms with E-state index in [1.54, 1.807) is 13.0 Å². The number of methoxy groups -OCH3 is 1. The Morgan fingerprint density at radius 1 is 1.10 bits per heavy atom. The molecule has 2 heterocycles. The molecule has 0 radical (unpaired) electrons. The average Bonchev–Trinajstić information content (AvgIpc) is 3.37. The summed E-state index contributed by atoms with van der Waals surface area (Å²) in [4.78, 5) is 28.5. The third kappa shape index (κ3) is 3.85. The summed E-state index contributed by atoms with van der Waals surface area (Å²) in [7, 11) is 1.31. The molecule has 6 nitrogen and oxygen atoms in total. The van der Waals surface area contributed by atoms with Gasteiger partial charge in [-0.2, -0.15) is 0 Å². The maximum atomic E-state index is 12.9. The Bertz CT molecular complexity index is 1190. The molecule has 6 heteroatoms. The number of benzene rings is 2. The summed E-state index contributed by atoms with van der Waals surface area (Å²) >= 11 is 0. The van der Waals surface area contributed by atoms with Crippen LogP contribution >= 0.6 is 0 Å². The molecule has 0 aliphatic rings. The molecule has 0 fully saturated rings. The Hall–Kier alpha value is -3.80. The van der Waals surface area contributed by atoms with Crippen molar-refractivity contribution in [3.05, 3.63) is 83.7 Å². The van der Waals surface area contributed by atoms with Gasteiger partial charge in [-0.15, -0.1) is 0 Å². The monoisotopic (exact) mass is 402 g/mol. The maximum absolute atomic E-state index is 12.9. The first-order chi connectivity index (χ1) is 14.6. The van der Waals surface area contributed by atoms with Gasteiger partial charge in [0.25, 0.3) is 5.91 Å². The Morgan fingerprint density at radius 2 is 1.83 bits per heavy atom. The molecule has 1 amide bonds. The van der Waals surface area contributed by atoms with Crippen LogP contribution in [0.15, 0.2) is 71.3 Å². The summed E-state index contributed by atoms with van der Waals surface area (Å²) in [6.45, 7) is 1.73. The molecule has 30 heavy (non-hydrogen) atoms. The van der Waals surface area contributed by atoms with Crippen molar-refractivity contribution in [1.29, 1.82) is 0 Å². The minimum absolute atomic E-state index is 0.310. The largest absolute Gasteiger partial charge is 0.467 e. The van der Waals surface area contributed by atoms with E-state index < -0.39 is 12.0 Å². The molecule has 0 bridgehead atoms. The van der Waals surface area contributed by atoms with Crippen molar-refractivity contribution in [2.75, 3.05) is 7.11 Å². The second-order valence-corrected chi connectivity index (χ2v) is 7.06. The van der Waals surface area contributed by atoms with Crippen molar-refractivity contribution in [2.45, 2.75) is 19.4 Å². The van der Waals surface area contributed by atoms with Gasteiger partial charge >= 0.3 is 5.97 Å². The van der Waals surface area contributed by atoms with Crippen LogP contribution in [0.3, 0.4) is 0 Å². The number of aromatic nitrogens is 1. The molecule has 2 aromatic carbocycles. The quantitative estimate of drug-likeness (QED) is 0.472. The number of amides is 1. The molecule has 4 rings (SSSR count). The third-order valence-corrected chi connectivity index (χ3v) is 5.11. The van der Waals surface area contributed by atoms with Crippen LogP contribution in [0, 0.1) is 6.92 Å². The summed E-state index contributed by atoms with van der Waals surface area (Å²) in [6, 6.07) is 18.2. The summed E-state index contributed by atoms with van der Waals surface area (Å²) in [5, 5.41) is 3.81. The van der Waals surface area contributed by atoms with E-state index in [9.17, 15) is 9.59 Å². The average molecular weight is 402 g/mol. The Labute approximate surface area is 173 Å². The lowest BCUT2D eigenvalue weighted by Gasteiger charge is -2.16. The van der Waals surface area contributed by atoms with Gasteiger partial charge in [0, 0.05) is 29.1 Å². The Balaban J connectivity index is 1.57. The van der Waals surface area contributed by atoms with Crippen LogP contribution in [-0.2, 0) is 16.0 Å². The number of rotatable bonds is 6. The van der Waals surface area contributed by atoms with Crippen LogP contribution in [0.2, 0.25) is 0 Å². The Morgan fingerprint density at radius 3 is 2.60 bits per heavy atom. The van der Waals surface area contributed by atoms with E-state index >= 15 is 0 Å². The van der Waals surface area contributed by atoms with Crippen molar-refractivity contribution in [3.63, 3.8) is 0 Å². The first kappa shape index (κ1) is 19.5. The molecule has 0 unspecified atom stereocenters. The smallest absolute Gasteiger partial charge is 0.328 e. The normalized spacial score (nSPS) is 11.9. The van der Waals surface area contributed by atoms with Crippen LogP contribution in [-0.4, -0.2) is 30.0 Å². The fraction of sp³-hybridized carbons (Fsp3) is 0.167. The predicted molar refractivity (Wildman–Crippen MR) is 114 cm³/mol. The van der Waals surface area contributed by atoms with Crippen molar-refractivity contribution in [2.24, 2.45) is 0 Å². The van der Waals surface area contributed by atoms with Crippen molar-refractivity contribution in [1.82, 2.24) is 10.3 Å². The van der Waals surface area contributed by atoms with Gasteiger partial charge < -0.3 is 19.5 Å². The molecular weight excluding hydrogens is 380 g/mol. The van der Waals surface area contributed by atoms with E-state index in [0.717, 1.165) is 22.0 Å². The SMILES string of the molecule is COC(=O)[C@H](Cc1c[nH]c2ccccc12)NC(=O)c1cc(-c2ccccc2)oc1C. The number of hydrogen-bond donors (Lipinski definition) is 2. The van der Waals surface area contributed by atoms with Crippen molar-refractivity contribution in [3.8, 4) is 11.3 Å². The van der Waals surface area contributed by atoms with Gasteiger partial charge in [0.1, 0.15) is 17.6 Å². The zero-order valence-corrected chi connectivity index (χ0v) is 16.8. The van der Waals surface area contributed by atoms with Crippen LogP contribution in [0.4, 0.5) is 0 Å². The first-order valence-corrected chi connectivity index (χ1v) is 9.66. The van der Waals surface area contributed by atoms with Gasteiger partial charge in [-0.05, 0) is 24.6 Å². The van der Waals surface area contributed by atoms with Gasteiger partial charge in [0.05, 0.1) is 12.7 Å². The van der Waals surface area contributed by atoms with Gasteiger partial charge in [-0.3, -0.25) is 4.79 Å². The summed E-state index contributed by atoms with van der Waals surface area (Å²) in [5.74, 6) is 0.207. The summed E-state index contributed by atoms with van der Waals surface area (Å²) in [5.41, 5.74) is 3.17. The third-order valence-electron chi connectivity index (χ3n) is 5.11. The van der Waals surface area contributed by atoms with Gasteiger partial charge in [-0.1, -0.05) is 48.5 Å². The molecule has 0 aliphatic heterocycles. The van der Waals surface area contributed by atoms with Crippen molar-refractivity contribution < 1.29 is 18.7 Å². The number of carbonyl (C=O) groups excluding carboxylic acids is 2. The number of esters is 1. The highest BCUT2D eigenvalue weighted by atomic mass is 16.5. The number of nitrogens with one attached hydrogen (secondary N) is 2. The molecule has 152 valence electrons. The molecule has 0 saturated carbocycles. The minimum atomic E-state index is -0.823. The van der Waals surface area contributed by atoms with Gasteiger partial charge in [0.15, 0.2) is 0 Å². The van der Waals surface area contributed by atoms with E-state index in [-0.39, 0.29) is 5.91 Å². The molecular formula is C24H22N2O4. The molecule has 0 spiro atoms. The molecule has 0 aliphatic carbocycles. The van der Waals surface area contributed by atoms with E-state index in [2.05, 4.69) is 10.3 Å². The Kier molecular flexibility index (Phi) is 5.39. The first-order valence-electron chi connectivity index (χ1n) is 9.66. The highest BCUT2D eigenvalue weighted by Crippen LogP contribution is 2.25. The number of ether oxygens (including phenoxy) is 1. The van der Waals surface area contributed by atoms with Crippen LogP contribution < -0.4 is 5.32 Å². The number of H-pyrrole nitrogens is 1. The molecule has 2 N–H and O–H groups in total. The number of furan rings is 1. The van der Waals surface area contributed by atoms with E-state index in [0.29, 0.717) is 23.5 Å². The summed E-state index contributed by atoms with van der Waals surface area (Å²) < 4.78 is 10.7. The van der Waals surface area contributed by atoms with Gasteiger partial charge in [-0.25, -0.2) is 4.79 Å². The number of hydrogen-bond acceptors (Lipinski definition) is 4. The highest BCUT2D eigenvalue weighted by molar-refractivity contribution is 5.98. The highest BCUT2D eigenvalue weighted by Gasteiger charge is 2.26. The molecule has 1 atom stereocenters. The standard InChI is InChI=1S/C24H22N2O4/c1-15-19(13-22(30-15)16-8-4-3-5-9-16)23(27)26-21(24(28)29-2)12-17-14-25-20-11-7-6-10-18(17)20/h3-11,13-14,21,25H,12H2,1-2H3,(H,26,27)/t21-/m0/s1. The minimum Gasteiger partial charge on any atom is -0.467 e. The van der Waals surface area contributed by atoms with Crippen molar-refractivity contribution >= 4 is 22.8 Å². The fourth-order valence-electron chi connectivity index (χ4n) is 3.54. The lowest BCUT2D eigenvalue weighted by atomic mass is 10.0. The molecule has 4 aromatic rings. The van der Waals surface area contributed by atoms with Crippen LogP contribution in [0.5, 0.6) is 0 Å². The number of aryl methyl sites for hydroxylation is 1. The fourth-order valence-corrected chi connectivity index (χ4v) is 3.54. The van der Waals surface area contributed by atoms with E-state index in [4.69, 9.17) is 9.15 Å². The lowest BCUT2D eigenvalue weighted by Crippen LogP contribution is -2.43. The topological polar surface area (TPSA) is 84.3 Å². The predicted octanol–water partition coefficient (Wildman–Crippen LogP) is 4.25. The number of fused-ring (bicyclic) bond motifs is 1. The number of aromatic amines is 1. The van der Waals surface area contributed by atoms with Crippen LogP contribution in [0.1, 0.15) is 21.7 Å². The summed E-state index contributed by atoms with van der Waals surface area (Å²) in [6.07, 6.45) is 2.16. The van der Waals surface area contributed by atoms with E-state index in [1.165, 1.54) is 7.11 Å². The molecule has 2 aromatic heterocycles. The zero-order valence-electron chi connectivity index (χ0n) is 16.8. The zero-order chi connectivity index (χ0) is 21.1. The maximum Gasteiger partial charge on any atom is 0.328 e. The second kappa shape index (κ2) is 8.29. The van der Waals surface area contributed by atoms with Crippen LogP contribution in [0.25, 0.3) is 22.2 Å². The lowest BCUT2D eigenvalue weighted by molar-refractivity contribution is -0.142. The van der Waals surface area contributed by atoms with E-state index in [1.807, 2.05) is 60.8 Å². The number of carbonyl (C=O) groups is 2. The number of para-hydroxylation sites is 1. The second-order valence-electron chi connectivity index (χ2n) is 7.06.